The highest BCUT2D eigenvalue weighted by atomic mass is 16.7. The van der Waals surface area contributed by atoms with Crippen molar-refractivity contribution in [3.8, 4) is 0 Å². The molecule has 0 bridgehead atoms. The number of nitrogens with zero attached hydrogens (tertiary/aromatic N) is 2. The van der Waals surface area contributed by atoms with Crippen molar-refractivity contribution in [3.05, 3.63) is 53.1 Å². The van der Waals surface area contributed by atoms with Crippen LogP contribution in [0.25, 0.3) is 0 Å². The van der Waals surface area contributed by atoms with Crippen LogP contribution in [0.5, 0.6) is 0 Å². The number of aliphatic hydroxyl groups is 3. The van der Waals surface area contributed by atoms with Gasteiger partial charge in [0.25, 0.3) is 11.8 Å². The van der Waals surface area contributed by atoms with Gasteiger partial charge in [0.15, 0.2) is 0 Å². The van der Waals surface area contributed by atoms with Crippen molar-refractivity contribution in [1.82, 2.24) is 25.8 Å². The van der Waals surface area contributed by atoms with E-state index in [1.807, 2.05) is 13.8 Å². The number of aromatic nitrogens is 2. The first-order valence-corrected chi connectivity index (χ1v) is 12.9. The van der Waals surface area contributed by atoms with Gasteiger partial charge in [-0.15, -0.1) is 0 Å². The number of imidazole rings is 1. The Morgan fingerprint density at radius 2 is 1.59 bits per heavy atom. The SMILES string of the molecule is CCCN(CCC)C(=O)c1cc(C)cc(C(=O)NOC[C@H](O)[C@H](O)C(O)CONC(=O)CCc2cnc[nH]2)c1. The number of nitrogens with one attached hydrogen (secondary N) is 3. The zero-order chi connectivity index (χ0) is 28.8. The molecule has 1 heterocycles. The van der Waals surface area contributed by atoms with E-state index in [1.165, 1.54) is 12.4 Å². The van der Waals surface area contributed by atoms with E-state index in [0.29, 0.717) is 30.6 Å². The third kappa shape index (κ3) is 10.7. The lowest BCUT2D eigenvalue weighted by molar-refractivity contribution is -0.145. The summed E-state index contributed by atoms with van der Waals surface area (Å²) in [6.07, 6.45) is 0.438. The second-order valence-electron chi connectivity index (χ2n) is 9.16. The third-order valence-corrected chi connectivity index (χ3v) is 5.68. The molecule has 0 saturated heterocycles. The first-order valence-electron chi connectivity index (χ1n) is 12.9. The van der Waals surface area contributed by atoms with Crippen molar-refractivity contribution in [2.75, 3.05) is 26.3 Å². The fraction of sp³-hybridized carbons (Fsp3) is 0.538. The van der Waals surface area contributed by atoms with Crippen LogP contribution in [0.3, 0.4) is 0 Å². The van der Waals surface area contributed by atoms with Gasteiger partial charge < -0.3 is 25.2 Å². The van der Waals surface area contributed by atoms with Gasteiger partial charge in [0.2, 0.25) is 5.91 Å². The van der Waals surface area contributed by atoms with E-state index >= 15 is 0 Å². The van der Waals surface area contributed by atoms with Gasteiger partial charge in [-0.25, -0.2) is 15.9 Å². The smallest absolute Gasteiger partial charge is 0.274 e. The Hall–Kier alpha value is -3.36. The van der Waals surface area contributed by atoms with Gasteiger partial charge in [-0.1, -0.05) is 13.8 Å². The molecule has 2 rings (SSSR count). The molecule has 6 N–H and O–H groups in total. The van der Waals surface area contributed by atoms with Crippen LogP contribution in [0.1, 0.15) is 65.1 Å². The molecule has 13 heteroatoms. The molecule has 0 fully saturated rings. The van der Waals surface area contributed by atoms with Crippen LogP contribution in [-0.2, 0) is 20.9 Å². The molecule has 1 unspecified atom stereocenters. The van der Waals surface area contributed by atoms with E-state index in [9.17, 15) is 29.7 Å². The highest BCUT2D eigenvalue weighted by Gasteiger charge is 2.26. The summed E-state index contributed by atoms with van der Waals surface area (Å²) in [5.74, 6) is -1.25. The molecule has 13 nitrogen and oxygen atoms in total. The highest BCUT2D eigenvalue weighted by molar-refractivity contribution is 5.99. The third-order valence-electron chi connectivity index (χ3n) is 5.68. The van der Waals surface area contributed by atoms with E-state index in [-0.39, 0.29) is 17.9 Å². The van der Waals surface area contributed by atoms with Gasteiger partial charge in [-0.3, -0.25) is 24.1 Å². The fourth-order valence-electron chi connectivity index (χ4n) is 3.71. The second kappa shape index (κ2) is 16.6. The first kappa shape index (κ1) is 31.9. The summed E-state index contributed by atoms with van der Waals surface area (Å²) >= 11 is 0. The topological polar surface area (TPSA) is 186 Å². The lowest BCUT2D eigenvalue weighted by Gasteiger charge is -2.23. The minimum Gasteiger partial charge on any atom is -0.388 e. The maximum Gasteiger partial charge on any atom is 0.274 e. The van der Waals surface area contributed by atoms with Crippen LogP contribution in [0.15, 0.2) is 30.7 Å². The van der Waals surface area contributed by atoms with E-state index < -0.39 is 43.3 Å². The molecule has 0 aliphatic heterocycles. The number of hydrogen-bond acceptors (Lipinski definition) is 9. The van der Waals surface area contributed by atoms with Gasteiger partial charge in [0, 0.05) is 42.5 Å². The Labute approximate surface area is 227 Å². The van der Waals surface area contributed by atoms with Crippen LogP contribution in [0.4, 0.5) is 0 Å². The van der Waals surface area contributed by atoms with E-state index in [1.54, 1.807) is 30.2 Å². The summed E-state index contributed by atoms with van der Waals surface area (Å²) in [7, 11) is 0. The predicted molar refractivity (Wildman–Crippen MR) is 140 cm³/mol. The number of carbonyl (C=O) groups excluding carboxylic acids is 3. The van der Waals surface area contributed by atoms with Crippen molar-refractivity contribution >= 4 is 17.7 Å². The number of hydrogen-bond donors (Lipinski definition) is 6. The van der Waals surface area contributed by atoms with E-state index in [4.69, 9.17) is 9.68 Å². The van der Waals surface area contributed by atoms with Crippen LogP contribution in [-0.4, -0.2) is 92.5 Å². The van der Waals surface area contributed by atoms with Crippen molar-refractivity contribution < 1.29 is 39.4 Å². The Bertz CT molecular complexity index is 1040. The molecule has 0 radical (unpaired) electrons. The first-order chi connectivity index (χ1) is 18.7. The van der Waals surface area contributed by atoms with Crippen LogP contribution < -0.4 is 11.0 Å². The maximum absolute atomic E-state index is 12.9. The maximum atomic E-state index is 12.9. The highest BCUT2D eigenvalue weighted by Crippen LogP contribution is 2.14. The van der Waals surface area contributed by atoms with Gasteiger partial charge in [-0.2, -0.15) is 0 Å². The van der Waals surface area contributed by atoms with Crippen LogP contribution in [0, 0.1) is 6.92 Å². The van der Waals surface area contributed by atoms with Crippen molar-refractivity contribution in [2.24, 2.45) is 0 Å². The number of aromatic amines is 1. The minimum atomic E-state index is -1.69. The zero-order valence-corrected chi connectivity index (χ0v) is 22.6. The Morgan fingerprint density at radius 3 is 2.18 bits per heavy atom. The van der Waals surface area contributed by atoms with Gasteiger partial charge >= 0.3 is 0 Å². The molecular weight excluding hydrogens is 510 g/mol. The molecule has 1 aromatic heterocycles. The number of carbonyl (C=O) groups is 3. The summed E-state index contributed by atoms with van der Waals surface area (Å²) in [4.78, 5) is 55.7. The number of hydroxylamine groups is 2. The molecule has 2 aromatic rings. The average Bonchev–Trinajstić information content (AvgIpc) is 3.44. The molecule has 39 heavy (non-hydrogen) atoms. The molecule has 3 atom stereocenters. The van der Waals surface area contributed by atoms with Crippen molar-refractivity contribution in [1.29, 1.82) is 0 Å². The second-order valence-corrected chi connectivity index (χ2v) is 9.16. The average molecular weight is 550 g/mol. The summed E-state index contributed by atoms with van der Waals surface area (Å²) in [6.45, 7) is 5.93. The van der Waals surface area contributed by atoms with E-state index in [0.717, 1.165) is 18.5 Å². The standard InChI is InChI=1S/C26H39N5O8/c1-4-8-31(9-5-2)26(37)19-11-17(3)10-18(12-19)25(36)30-39-15-22(33)24(35)21(32)14-38-29-23(34)7-6-20-13-27-16-28-20/h10-13,16,21-22,24,32-33,35H,4-9,14-15H2,1-3H3,(H,27,28)(H,29,34)(H,30,36)/t21?,22-,24+/m0/s1. The number of benzene rings is 1. The Kier molecular flexibility index (Phi) is 13.5. The molecule has 0 aliphatic carbocycles. The predicted octanol–water partition coefficient (Wildman–Crippen LogP) is 0.405. The minimum absolute atomic E-state index is 0.114. The molecule has 0 aliphatic rings. The molecular formula is C26H39N5O8. The Morgan fingerprint density at radius 1 is 0.974 bits per heavy atom. The van der Waals surface area contributed by atoms with Crippen LogP contribution in [0.2, 0.25) is 0 Å². The van der Waals surface area contributed by atoms with Gasteiger partial charge in [0.1, 0.15) is 31.5 Å². The molecule has 0 saturated carbocycles. The van der Waals surface area contributed by atoms with Crippen molar-refractivity contribution in [3.63, 3.8) is 0 Å². The monoisotopic (exact) mass is 549 g/mol. The van der Waals surface area contributed by atoms with Crippen LogP contribution >= 0.6 is 0 Å². The van der Waals surface area contributed by atoms with Crippen molar-refractivity contribution in [2.45, 2.75) is 64.8 Å². The number of aliphatic hydroxyl groups excluding tert-OH is 3. The molecule has 0 spiro atoms. The summed E-state index contributed by atoms with van der Waals surface area (Å²) < 4.78 is 0. The number of rotatable bonds is 17. The van der Waals surface area contributed by atoms with Gasteiger partial charge in [-0.05, 0) is 49.9 Å². The Balaban J connectivity index is 1.78. The van der Waals surface area contributed by atoms with E-state index in [2.05, 4.69) is 20.9 Å². The fourth-order valence-corrected chi connectivity index (χ4v) is 3.71. The van der Waals surface area contributed by atoms with Gasteiger partial charge in [0.05, 0.1) is 6.33 Å². The quantitative estimate of drug-likeness (QED) is 0.152. The summed E-state index contributed by atoms with van der Waals surface area (Å²) in [5.41, 5.74) is 6.38. The molecule has 216 valence electrons. The number of amides is 3. The number of H-pyrrole nitrogens is 1. The summed E-state index contributed by atoms with van der Waals surface area (Å²) in [6, 6.07) is 4.78. The largest absolute Gasteiger partial charge is 0.388 e. The normalized spacial score (nSPS) is 13.4. The summed E-state index contributed by atoms with van der Waals surface area (Å²) in [5, 5.41) is 30.2. The molecule has 1 aromatic carbocycles. The number of aryl methyl sites for hydroxylation is 2. The lowest BCUT2D eigenvalue weighted by Crippen LogP contribution is -2.44. The molecule has 3 amide bonds. The lowest BCUT2D eigenvalue weighted by atomic mass is 10.0. The zero-order valence-electron chi connectivity index (χ0n) is 22.6.